The summed E-state index contributed by atoms with van der Waals surface area (Å²) in [5.74, 6) is 0. The molecule has 0 bridgehead atoms. The lowest BCUT2D eigenvalue weighted by Crippen LogP contribution is -2.24. The maximum atomic E-state index is 3.49. The van der Waals surface area contributed by atoms with Crippen molar-refractivity contribution in [2.24, 2.45) is 0 Å². The molecule has 0 radical (unpaired) electrons. The molecule has 0 saturated carbocycles. The Kier molecular flexibility index (Phi) is 4.83. The van der Waals surface area contributed by atoms with Gasteiger partial charge in [-0.05, 0) is 34.4 Å². The average molecular weight is 249 g/mol. The highest BCUT2D eigenvalue weighted by Gasteiger charge is 1.98. The third-order valence-corrected chi connectivity index (χ3v) is 3.45. The van der Waals surface area contributed by atoms with Crippen LogP contribution in [0, 0.1) is 0 Å². The highest BCUT2D eigenvalue weighted by Crippen LogP contribution is 2.21. The van der Waals surface area contributed by atoms with Crippen molar-refractivity contribution in [2.75, 3.05) is 20.1 Å². The van der Waals surface area contributed by atoms with E-state index in [-0.39, 0.29) is 0 Å². The van der Waals surface area contributed by atoms with Gasteiger partial charge in [-0.15, -0.1) is 11.3 Å². The molecule has 0 aromatic carbocycles. The van der Waals surface area contributed by atoms with Crippen LogP contribution < -0.4 is 10.6 Å². The molecule has 0 aliphatic carbocycles. The van der Waals surface area contributed by atoms with Crippen LogP contribution in [0.1, 0.15) is 4.88 Å². The maximum Gasteiger partial charge on any atom is 0.0327 e. The molecular formula is C8H13BrN2S. The molecule has 1 heterocycles. The molecule has 0 fully saturated rings. The fourth-order valence-electron chi connectivity index (χ4n) is 0.867. The summed E-state index contributed by atoms with van der Waals surface area (Å²) in [6, 6.07) is 2.08. The minimum atomic E-state index is 0.958. The Balaban J connectivity index is 2.20. The minimum Gasteiger partial charge on any atom is -0.318 e. The van der Waals surface area contributed by atoms with Crippen LogP contribution in [0.25, 0.3) is 0 Å². The summed E-state index contributed by atoms with van der Waals surface area (Å²) in [7, 11) is 1.96. The van der Waals surface area contributed by atoms with Crippen molar-refractivity contribution in [3.63, 3.8) is 0 Å². The molecule has 0 aliphatic rings. The van der Waals surface area contributed by atoms with Gasteiger partial charge in [0.15, 0.2) is 0 Å². The Hall–Kier alpha value is 0.100. The van der Waals surface area contributed by atoms with Crippen LogP contribution in [0.15, 0.2) is 15.9 Å². The largest absolute Gasteiger partial charge is 0.318 e. The molecule has 0 aliphatic heterocycles. The molecule has 1 rings (SSSR count). The van der Waals surface area contributed by atoms with E-state index in [4.69, 9.17) is 0 Å². The molecule has 0 saturated heterocycles. The van der Waals surface area contributed by atoms with Crippen molar-refractivity contribution in [3.05, 3.63) is 20.8 Å². The van der Waals surface area contributed by atoms with Gasteiger partial charge in [-0.2, -0.15) is 0 Å². The van der Waals surface area contributed by atoms with Gasteiger partial charge in [-0.25, -0.2) is 0 Å². The van der Waals surface area contributed by atoms with Crippen LogP contribution in [0.5, 0.6) is 0 Å². The van der Waals surface area contributed by atoms with E-state index in [1.165, 1.54) is 9.35 Å². The summed E-state index contributed by atoms with van der Waals surface area (Å²) in [5.41, 5.74) is 0. The van der Waals surface area contributed by atoms with Crippen molar-refractivity contribution < 1.29 is 0 Å². The van der Waals surface area contributed by atoms with Crippen molar-refractivity contribution in [3.8, 4) is 0 Å². The van der Waals surface area contributed by atoms with E-state index in [1.54, 1.807) is 11.3 Å². The topological polar surface area (TPSA) is 24.1 Å². The SMILES string of the molecule is CNCCNCc1sccc1Br. The molecule has 0 unspecified atom stereocenters. The molecule has 2 N–H and O–H groups in total. The normalized spacial score (nSPS) is 10.5. The number of hydrogen-bond acceptors (Lipinski definition) is 3. The number of hydrogen-bond donors (Lipinski definition) is 2. The maximum absolute atomic E-state index is 3.49. The molecule has 1 aromatic rings. The lowest BCUT2D eigenvalue weighted by molar-refractivity contribution is 0.654. The molecule has 1 aromatic heterocycles. The van der Waals surface area contributed by atoms with Gasteiger partial charge in [0.1, 0.15) is 0 Å². The van der Waals surface area contributed by atoms with Crippen LogP contribution >= 0.6 is 27.3 Å². The zero-order chi connectivity index (χ0) is 8.81. The fraction of sp³-hybridized carbons (Fsp3) is 0.500. The number of thiophene rings is 1. The summed E-state index contributed by atoms with van der Waals surface area (Å²) in [6.07, 6.45) is 0. The number of halogens is 1. The van der Waals surface area contributed by atoms with Gasteiger partial charge in [0.2, 0.25) is 0 Å². The zero-order valence-electron chi connectivity index (χ0n) is 7.06. The molecule has 12 heavy (non-hydrogen) atoms. The van der Waals surface area contributed by atoms with Gasteiger partial charge in [-0.1, -0.05) is 0 Å². The smallest absolute Gasteiger partial charge is 0.0327 e. The first-order valence-corrected chi connectivity index (χ1v) is 5.59. The third kappa shape index (κ3) is 3.23. The molecule has 0 spiro atoms. The van der Waals surface area contributed by atoms with Crippen LogP contribution in [0.3, 0.4) is 0 Å². The highest BCUT2D eigenvalue weighted by atomic mass is 79.9. The second-order valence-corrected chi connectivity index (χ2v) is 4.33. The van der Waals surface area contributed by atoms with Crippen molar-refractivity contribution in [2.45, 2.75) is 6.54 Å². The minimum absolute atomic E-state index is 0.958. The predicted octanol–water partition coefficient (Wildman–Crippen LogP) is 1.82. The van der Waals surface area contributed by atoms with Crippen LogP contribution in [0.2, 0.25) is 0 Å². The van der Waals surface area contributed by atoms with Crippen molar-refractivity contribution >= 4 is 27.3 Å². The van der Waals surface area contributed by atoms with Crippen LogP contribution in [-0.4, -0.2) is 20.1 Å². The van der Waals surface area contributed by atoms with E-state index in [1.807, 2.05) is 7.05 Å². The average Bonchev–Trinajstić information content (AvgIpc) is 2.46. The van der Waals surface area contributed by atoms with E-state index in [0.29, 0.717) is 0 Å². The van der Waals surface area contributed by atoms with E-state index in [2.05, 4.69) is 38.0 Å². The van der Waals surface area contributed by atoms with E-state index >= 15 is 0 Å². The molecular weight excluding hydrogens is 236 g/mol. The summed E-state index contributed by atoms with van der Waals surface area (Å²) in [4.78, 5) is 1.37. The Bertz CT molecular complexity index is 225. The fourth-order valence-corrected chi connectivity index (χ4v) is 2.33. The highest BCUT2D eigenvalue weighted by molar-refractivity contribution is 9.10. The third-order valence-electron chi connectivity index (χ3n) is 1.53. The van der Waals surface area contributed by atoms with Gasteiger partial charge in [0.25, 0.3) is 0 Å². The van der Waals surface area contributed by atoms with Crippen LogP contribution in [0.4, 0.5) is 0 Å². The summed E-state index contributed by atoms with van der Waals surface area (Å²) >= 11 is 5.27. The first-order valence-electron chi connectivity index (χ1n) is 3.92. The Labute approximate surface area is 85.5 Å². The lowest BCUT2D eigenvalue weighted by atomic mass is 10.4. The molecule has 0 atom stereocenters. The quantitative estimate of drug-likeness (QED) is 0.778. The second-order valence-electron chi connectivity index (χ2n) is 2.47. The van der Waals surface area contributed by atoms with E-state index in [0.717, 1.165) is 19.6 Å². The molecule has 0 amide bonds. The van der Waals surface area contributed by atoms with Crippen molar-refractivity contribution in [1.29, 1.82) is 0 Å². The zero-order valence-corrected chi connectivity index (χ0v) is 9.46. The first kappa shape index (κ1) is 10.2. The van der Waals surface area contributed by atoms with Crippen molar-refractivity contribution in [1.82, 2.24) is 10.6 Å². The standard InChI is InChI=1S/C8H13BrN2S/c1-10-3-4-11-6-8-7(9)2-5-12-8/h2,5,10-11H,3-4,6H2,1H3. The summed E-state index contributed by atoms with van der Waals surface area (Å²) < 4.78 is 1.21. The number of rotatable bonds is 5. The number of nitrogens with one attached hydrogen (secondary N) is 2. The van der Waals surface area contributed by atoms with Gasteiger partial charge >= 0.3 is 0 Å². The summed E-state index contributed by atoms with van der Waals surface area (Å²) in [6.45, 7) is 2.99. The Morgan fingerprint density at radius 3 is 2.92 bits per heavy atom. The number of likely N-dealkylation sites (N-methyl/N-ethyl adjacent to an activating group) is 1. The van der Waals surface area contributed by atoms with Crippen LogP contribution in [-0.2, 0) is 6.54 Å². The lowest BCUT2D eigenvalue weighted by Gasteiger charge is -2.02. The van der Waals surface area contributed by atoms with E-state index in [9.17, 15) is 0 Å². The van der Waals surface area contributed by atoms with Gasteiger partial charge in [0.05, 0.1) is 0 Å². The molecule has 4 heteroatoms. The van der Waals surface area contributed by atoms with Gasteiger partial charge < -0.3 is 10.6 Å². The Morgan fingerprint density at radius 1 is 1.50 bits per heavy atom. The predicted molar refractivity (Wildman–Crippen MR) is 57.7 cm³/mol. The molecule has 68 valence electrons. The molecule has 2 nitrogen and oxygen atoms in total. The van der Waals surface area contributed by atoms with Gasteiger partial charge in [-0.3, -0.25) is 0 Å². The second kappa shape index (κ2) is 5.70. The summed E-state index contributed by atoms with van der Waals surface area (Å²) in [5, 5.41) is 8.54. The van der Waals surface area contributed by atoms with Gasteiger partial charge in [0, 0.05) is 29.0 Å². The monoisotopic (exact) mass is 248 g/mol. The Morgan fingerprint density at radius 2 is 2.33 bits per heavy atom. The van der Waals surface area contributed by atoms with E-state index < -0.39 is 0 Å². The first-order chi connectivity index (χ1) is 5.84.